The van der Waals surface area contributed by atoms with Gasteiger partial charge in [-0.05, 0) is 36.6 Å². The molecule has 7 nitrogen and oxygen atoms in total. The highest BCUT2D eigenvalue weighted by atomic mass is 35.5. The van der Waals surface area contributed by atoms with Crippen LogP contribution in [0.25, 0.3) is 0 Å². The van der Waals surface area contributed by atoms with Gasteiger partial charge in [-0.25, -0.2) is 4.68 Å². The number of aromatic nitrogens is 2. The Kier molecular flexibility index (Phi) is 5.60. The van der Waals surface area contributed by atoms with Crippen molar-refractivity contribution in [2.24, 2.45) is 0 Å². The smallest absolute Gasteiger partial charge is 0.290 e. The summed E-state index contributed by atoms with van der Waals surface area (Å²) in [5.74, 6) is 0.196. The Balaban J connectivity index is 1.48. The SMILES string of the molecule is O=C(Nc1ccnn1Cc1cccc(Cl)c1Cl)[C@@H]1CCCN1C(=O)c1ccco1. The summed E-state index contributed by atoms with van der Waals surface area (Å²) in [6, 6.07) is 9.75. The van der Waals surface area contributed by atoms with E-state index in [1.165, 1.54) is 6.26 Å². The molecule has 0 bridgehead atoms. The Labute approximate surface area is 177 Å². The van der Waals surface area contributed by atoms with Crippen LogP contribution in [-0.4, -0.2) is 39.1 Å². The van der Waals surface area contributed by atoms with Crippen molar-refractivity contribution in [1.29, 1.82) is 0 Å². The van der Waals surface area contributed by atoms with Crippen molar-refractivity contribution in [3.63, 3.8) is 0 Å². The number of hydrogen-bond donors (Lipinski definition) is 1. The van der Waals surface area contributed by atoms with Gasteiger partial charge < -0.3 is 14.6 Å². The van der Waals surface area contributed by atoms with Crippen molar-refractivity contribution in [2.75, 3.05) is 11.9 Å². The zero-order chi connectivity index (χ0) is 20.4. The molecule has 2 aromatic heterocycles. The van der Waals surface area contributed by atoms with Crippen LogP contribution in [0, 0.1) is 0 Å². The van der Waals surface area contributed by atoms with Gasteiger partial charge in [0, 0.05) is 12.6 Å². The van der Waals surface area contributed by atoms with Crippen LogP contribution in [0.5, 0.6) is 0 Å². The maximum Gasteiger partial charge on any atom is 0.290 e. The second kappa shape index (κ2) is 8.31. The van der Waals surface area contributed by atoms with Gasteiger partial charge in [-0.15, -0.1) is 0 Å². The van der Waals surface area contributed by atoms with Crippen LogP contribution in [0.2, 0.25) is 10.0 Å². The number of likely N-dealkylation sites (tertiary alicyclic amines) is 1. The third kappa shape index (κ3) is 4.02. The summed E-state index contributed by atoms with van der Waals surface area (Å²) < 4.78 is 6.82. The highest BCUT2D eigenvalue weighted by Crippen LogP contribution is 2.27. The summed E-state index contributed by atoms with van der Waals surface area (Å²) in [6.07, 6.45) is 4.38. The Bertz CT molecular complexity index is 1030. The van der Waals surface area contributed by atoms with E-state index in [1.807, 2.05) is 12.1 Å². The van der Waals surface area contributed by atoms with E-state index in [9.17, 15) is 9.59 Å². The fourth-order valence-corrected chi connectivity index (χ4v) is 3.81. The van der Waals surface area contributed by atoms with Crippen LogP contribution in [0.3, 0.4) is 0 Å². The topological polar surface area (TPSA) is 80.4 Å². The van der Waals surface area contributed by atoms with Gasteiger partial charge in [0.1, 0.15) is 11.9 Å². The summed E-state index contributed by atoms with van der Waals surface area (Å²) in [5.41, 5.74) is 0.786. The van der Waals surface area contributed by atoms with E-state index in [1.54, 1.807) is 40.0 Å². The zero-order valence-corrected chi connectivity index (χ0v) is 16.9. The van der Waals surface area contributed by atoms with Crippen molar-refractivity contribution >= 4 is 40.8 Å². The van der Waals surface area contributed by atoms with E-state index in [-0.39, 0.29) is 17.6 Å². The third-order valence-corrected chi connectivity index (χ3v) is 5.73. The summed E-state index contributed by atoms with van der Waals surface area (Å²) in [6.45, 7) is 0.858. The van der Waals surface area contributed by atoms with Gasteiger partial charge in [0.25, 0.3) is 5.91 Å². The Hall–Kier alpha value is -2.77. The minimum Gasteiger partial charge on any atom is -0.459 e. The number of carbonyl (C=O) groups excluding carboxylic acids is 2. The lowest BCUT2D eigenvalue weighted by Gasteiger charge is -2.23. The molecule has 3 aromatic rings. The van der Waals surface area contributed by atoms with Gasteiger partial charge in [0.15, 0.2) is 5.76 Å². The van der Waals surface area contributed by atoms with Crippen molar-refractivity contribution in [2.45, 2.75) is 25.4 Å². The number of benzene rings is 1. The van der Waals surface area contributed by atoms with Crippen LogP contribution in [-0.2, 0) is 11.3 Å². The molecule has 1 saturated heterocycles. The lowest BCUT2D eigenvalue weighted by Crippen LogP contribution is -2.43. The summed E-state index contributed by atoms with van der Waals surface area (Å²) >= 11 is 12.3. The minimum absolute atomic E-state index is 0.227. The second-order valence-electron chi connectivity index (χ2n) is 6.71. The number of nitrogens with zero attached hydrogens (tertiary/aromatic N) is 3. The molecule has 1 N–H and O–H groups in total. The predicted octanol–water partition coefficient (Wildman–Crippen LogP) is 4.07. The normalized spacial score (nSPS) is 16.2. The van der Waals surface area contributed by atoms with Crippen LogP contribution in [0.1, 0.15) is 29.0 Å². The standard InChI is InChI=1S/C20H18Cl2N4O3/c21-14-5-1-4-13(18(14)22)12-26-17(8-9-23-26)24-19(27)15-6-2-10-25(15)20(28)16-7-3-11-29-16/h1,3-5,7-9,11,15H,2,6,10,12H2,(H,24,27)/t15-/m0/s1. The third-order valence-electron chi connectivity index (χ3n) is 4.87. The molecule has 0 saturated carbocycles. The van der Waals surface area contributed by atoms with E-state index in [0.717, 1.165) is 12.0 Å². The predicted molar refractivity (Wildman–Crippen MR) is 109 cm³/mol. The van der Waals surface area contributed by atoms with Crippen molar-refractivity contribution in [1.82, 2.24) is 14.7 Å². The molecule has 2 amide bonds. The van der Waals surface area contributed by atoms with Gasteiger partial charge in [-0.3, -0.25) is 9.59 Å². The molecular weight excluding hydrogens is 415 g/mol. The van der Waals surface area contributed by atoms with Gasteiger partial charge in [0.2, 0.25) is 5.91 Å². The average molecular weight is 433 g/mol. The van der Waals surface area contributed by atoms with Gasteiger partial charge >= 0.3 is 0 Å². The molecule has 0 aliphatic carbocycles. The number of anilines is 1. The van der Waals surface area contributed by atoms with E-state index in [2.05, 4.69) is 10.4 Å². The number of hydrogen-bond acceptors (Lipinski definition) is 4. The lowest BCUT2D eigenvalue weighted by molar-refractivity contribution is -0.119. The Morgan fingerprint density at radius 1 is 1.21 bits per heavy atom. The Morgan fingerprint density at radius 3 is 2.86 bits per heavy atom. The van der Waals surface area contributed by atoms with Gasteiger partial charge in [-0.1, -0.05) is 35.3 Å². The molecule has 0 spiro atoms. The zero-order valence-electron chi connectivity index (χ0n) is 15.3. The molecule has 9 heteroatoms. The van der Waals surface area contributed by atoms with Crippen molar-refractivity contribution in [3.05, 3.63) is 70.2 Å². The molecule has 1 aromatic carbocycles. The monoisotopic (exact) mass is 432 g/mol. The fraction of sp³-hybridized carbons (Fsp3) is 0.250. The number of furan rings is 1. The molecule has 29 heavy (non-hydrogen) atoms. The summed E-state index contributed by atoms with van der Waals surface area (Å²) in [4.78, 5) is 27.1. The molecule has 0 unspecified atom stereocenters. The molecule has 1 atom stereocenters. The van der Waals surface area contributed by atoms with E-state index in [4.69, 9.17) is 27.6 Å². The average Bonchev–Trinajstić information content (AvgIpc) is 3.46. The van der Waals surface area contributed by atoms with E-state index < -0.39 is 6.04 Å². The quantitative estimate of drug-likeness (QED) is 0.658. The number of halogens is 2. The first-order valence-electron chi connectivity index (χ1n) is 9.14. The van der Waals surface area contributed by atoms with Crippen LogP contribution in [0.4, 0.5) is 5.82 Å². The summed E-state index contributed by atoms with van der Waals surface area (Å²) in [5, 5.41) is 8.05. The van der Waals surface area contributed by atoms with Crippen LogP contribution < -0.4 is 5.32 Å². The minimum atomic E-state index is -0.564. The first-order chi connectivity index (χ1) is 14.0. The molecule has 1 aliphatic heterocycles. The highest BCUT2D eigenvalue weighted by molar-refractivity contribution is 6.42. The summed E-state index contributed by atoms with van der Waals surface area (Å²) in [7, 11) is 0. The molecule has 1 aliphatic rings. The lowest BCUT2D eigenvalue weighted by atomic mass is 10.2. The second-order valence-corrected chi connectivity index (χ2v) is 7.50. The van der Waals surface area contributed by atoms with Crippen LogP contribution in [0.15, 0.2) is 53.3 Å². The number of nitrogens with one attached hydrogen (secondary N) is 1. The number of amides is 2. The molecular formula is C20H18Cl2N4O3. The first-order valence-corrected chi connectivity index (χ1v) is 9.90. The largest absolute Gasteiger partial charge is 0.459 e. The molecule has 3 heterocycles. The molecule has 150 valence electrons. The van der Waals surface area contributed by atoms with E-state index in [0.29, 0.717) is 35.4 Å². The number of rotatable bonds is 5. The highest BCUT2D eigenvalue weighted by Gasteiger charge is 2.35. The van der Waals surface area contributed by atoms with Crippen molar-refractivity contribution < 1.29 is 14.0 Å². The molecule has 0 radical (unpaired) electrons. The van der Waals surface area contributed by atoms with Gasteiger partial charge in [-0.2, -0.15) is 5.10 Å². The van der Waals surface area contributed by atoms with Crippen molar-refractivity contribution in [3.8, 4) is 0 Å². The van der Waals surface area contributed by atoms with Gasteiger partial charge in [0.05, 0.1) is 29.1 Å². The fourth-order valence-electron chi connectivity index (χ4n) is 3.43. The Morgan fingerprint density at radius 2 is 2.07 bits per heavy atom. The first kappa shape index (κ1) is 19.5. The maximum atomic E-state index is 12.9. The molecule has 4 rings (SSSR count). The maximum absolute atomic E-state index is 12.9. The number of carbonyl (C=O) groups is 2. The molecule has 1 fully saturated rings. The van der Waals surface area contributed by atoms with Crippen LogP contribution >= 0.6 is 23.2 Å². The van der Waals surface area contributed by atoms with E-state index >= 15 is 0 Å².